The lowest BCUT2D eigenvalue weighted by Gasteiger charge is -2.13. The van der Waals surface area contributed by atoms with Gasteiger partial charge in [0.2, 0.25) is 5.88 Å². The fourth-order valence-corrected chi connectivity index (χ4v) is 2.58. The molecule has 0 saturated carbocycles. The van der Waals surface area contributed by atoms with Gasteiger partial charge in [0.15, 0.2) is 17.5 Å². The van der Waals surface area contributed by atoms with Gasteiger partial charge in [-0.3, -0.25) is 4.99 Å². The monoisotopic (exact) mass is 400 g/mol. The van der Waals surface area contributed by atoms with E-state index in [2.05, 4.69) is 20.6 Å². The van der Waals surface area contributed by atoms with E-state index in [1.165, 1.54) is 0 Å². The smallest absolute Gasteiger partial charge is 0.219 e. The molecule has 0 fully saturated rings. The molecule has 29 heavy (non-hydrogen) atoms. The average Bonchev–Trinajstić information content (AvgIpc) is 2.75. The third-order valence-electron chi connectivity index (χ3n) is 4.06. The van der Waals surface area contributed by atoms with Crippen molar-refractivity contribution in [1.82, 2.24) is 15.6 Å². The summed E-state index contributed by atoms with van der Waals surface area (Å²) in [4.78, 5) is 8.63. The Labute approximate surface area is 173 Å². The molecule has 2 rings (SSSR count). The number of hydrogen-bond donors (Lipinski definition) is 2. The van der Waals surface area contributed by atoms with Crippen LogP contribution in [0.4, 0.5) is 0 Å². The van der Waals surface area contributed by atoms with Gasteiger partial charge in [0.25, 0.3) is 0 Å². The Balaban J connectivity index is 1.78. The van der Waals surface area contributed by atoms with Crippen molar-refractivity contribution in [1.29, 1.82) is 0 Å². The van der Waals surface area contributed by atoms with Gasteiger partial charge in [-0.15, -0.1) is 0 Å². The van der Waals surface area contributed by atoms with E-state index in [-0.39, 0.29) is 0 Å². The molecule has 0 unspecified atom stereocenters. The van der Waals surface area contributed by atoms with Crippen molar-refractivity contribution in [2.75, 3.05) is 33.4 Å². The molecule has 1 aromatic heterocycles. The molecular weight excluding hydrogens is 368 g/mol. The molecule has 0 bridgehead atoms. The van der Waals surface area contributed by atoms with Gasteiger partial charge in [0.1, 0.15) is 0 Å². The zero-order valence-electron chi connectivity index (χ0n) is 17.6. The molecule has 158 valence electrons. The second-order valence-corrected chi connectivity index (χ2v) is 6.24. The highest BCUT2D eigenvalue weighted by Gasteiger charge is 2.06. The number of benzene rings is 1. The number of rotatable bonds is 12. The van der Waals surface area contributed by atoms with Gasteiger partial charge in [0.05, 0.1) is 6.61 Å². The Morgan fingerprint density at radius 1 is 1.00 bits per heavy atom. The van der Waals surface area contributed by atoms with E-state index >= 15 is 0 Å². The molecule has 0 spiro atoms. The topological polar surface area (TPSA) is 77.0 Å². The van der Waals surface area contributed by atoms with E-state index in [0.717, 1.165) is 44.1 Å². The lowest BCUT2D eigenvalue weighted by atomic mass is 10.3. The van der Waals surface area contributed by atoms with Crippen molar-refractivity contribution in [3.63, 3.8) is 0 Å². The van der Waals surface area contributed by atoms with Crippen molar-refractivity contribution in [3.05, 3.63) is 48.2 Å². The molecule has 1 aromatic carbocycles. The van der Waals surface area contributed by atoms with Gasteiger partial charge in [-0.1, -0.05) is 18.2 Å². The summed E-state index contributed by atoms with van der Waals surface area (Å²) in [5.41, 5.74) is 1.04. The SMILES string of the molecule is CCOCCCCNC(=NC)NCc1ccc(Oc2ccccc2OCC)nc1. The molecule has 0 aliphatic heterocycles. The van der Waals surface area contributed by atoms with Crippen LogP contribution in [0, 0.1) is 0 Å². The summed E-state index contributed by atoms with van der Waals surface area (Å²) in [7, 11) is 1.76. The number of guanidine groups is 1. The van der Waals surface area contributed by atoms with Gasteiger partial charge in [-0.25, -0.2) is 4.98 Å². The summed E-state index contributed by atoms with van der Waals surface area (Å²) in [5.74, 6) is 2.66. The Bertz CT molecular complexity index is 735. The first-order valence-electron chi connectivity index (χ1n) is 10.1. The van der Waals surface area contributed by atoms with Crippen LogP contribution in [0.3, 0.4) is 0 Å². The van der Waals surface area contributed by atoms with Crippen LogP contribution in [0.1, 0.15) is 32.3 Å². The van der Waals surface area contributed by atoms with Crippen LogP contribution in [0.25, 0.3) is 0 Å². The Morgan fingerprint density at radius 2 is 1.83 bits per heavy atom. The summed E-state index contributed by atoms with van der Waals surface area (Å²) in [6.07, 6.45) is 3.87. The molecule has 0 atom stereocenters. The minimum absolute atomic E-state index is 0.526. The number of nitrogens with zero attached hydrogens (tertiary/aromatic N) is 2. The van der Waals surface area contributed by atoms with Crippen molar-refractivity contribution in [2.24, 2.45) is 4.99 Å². The molecule has 2 N–H and O–H groups in total. The number of ether oxygens (including phenoxy) is 3. The normalized spacial score (nSPS) is 11.2. The molecule has 0 radical (unpaired) electrons. The minimum atomic E-state index is 0.526. The molecule has 0 saturated heterocycles. The average molecular weight is 401 g/mol. The van der Waals surface area contributed by atoms with Crippen molar-refractivity contribution < 1.29 is 14.2 Å². The zero-order valence-corrected chi connectivity index (χ0v) is 17.6. The quantitative estimate of drug-likeness (QED) is 0.321. The number of pyridine rings is 1. The van der Waals surface area contributed by atoms with E-state index in [1.807, 2.05) is 50.2 Å². The van der Waals surface area contributed by atoms with Crippen molar-refractivity contribution in [2.45, 2.75) is 33.2 Å². The third kappa shape index (κ3) is 8.39. The number of aliphatic imine (C=N–C) groups is 1. The molecule has 7 nitrogen and oxygen atoms in total. The Hall–Kier alpha value is -2.80. The summed E-state index contributed by atoms with van der Waals surface area (Å²) < 4.78 is 16.8. The van der Waals surface area contributed by atoms with Gasteiger partial charge >= 0.3 is 0 Å². The maximum absolute atomic E-state index is 5.85. The number of hydrogen-bond acceptors (Lipinski definition) is 5. The first-order valence-corrected chi connectivity index (χ1v) is 10.1. The van der Waals surface area contributed by atoms with Gasteiger partial charge < -0.3 is 24.8 Å². The fraction of sp³-hybridized carbons (Fsp3) is 0.455. The fourth-order valence-electron chi connectivity index (χ4n) is 2.58. The molecule has 0 aliphatic carbocycles. The highest BCUT2D eigenvalue weighted by molar-refractivity contribution is 5.79. The largest absolute Gasteiger partial charge is 0.490 e. The van der Waals surface area contributed by atoms with Crippen molar-refractivity contribution in [3.8, 4) is 17.4 Å². The number of para-hydroxylation sites is 2. The lowest BCUT2D eigenvalue weighted by Crippen LogP contribution is -2.37. The first-order chi connectivity index (χ1) is 14.3. The molecule has 1 heterocycles. The lowest BCUT2D eigenvalue weighted by molar-refractivity contribution is 0.143. The Morgan fingerprint density at radius 3 is 2.52 bits per heavy atom. The zero-order chi connectivity index (χ0) is 20.7. The summed E-state index contributed by atoms with van der Waals surface area (Å²) in [6.45, 7) is 7.60. The number of unbranched alkanes of at least 4 members (excludes halogenated alkanes) is 1. The second kappa shape index (κ2) is 13.4. The maximum Gasteiger partial charge on any atom is 0.219 e. The first kappa shape index (κ1) is 22.5. The van der Waals surface area contributed by atoms with Gasteiger partial charge in [-0.2, -0.15) is 0 Å². The van der Waals surface area contributed by atoms with Crippen LogP contribution in [0.2, 0.25) is 0 Å². The van der Waals surface area contributed by atoms with Crippen LogP contribution < -0.4 is 20.1 Å². The number of nitrogens with one attached hydrogen (secondary N) is 2. The van der Waals surface area contributed by atoms with E-state index < -0.39 is 0 Å². The van der Waals surface area contributed by atoms with Crippen molar-refractivity contribution >= 4 is 5.96 Å². The third-order valence-corrected chi connectivity index (χ3v) is 4.06. The van der Waals surface area contributed by atoms with Crippen LogP contribution >= 0.6 is 0 Å². The van der Waals surface area contributed by atoms with Crippen LogP contribution in [0.5, 0.6) is 17.4 Å². The van der Waals surface area contributed by atoms with E-state index in [4.69, 9.17) is 14.2 Å². The highest BCUT2D eigenvalue weighted by atomic mass is 16.5. The highest BCUT2D eigenvalue weighted by Crippen LogP contribution is 2.30. The standard InChI is InChI=1S/C22H32N4O3/c1-4-27-15-9-8-14-24-22(23-3)26-17-18-12-13-21(25-16-18)29-20-11-7-6-10-19(20)28-5-2/h6-7,10-13,16H,4-5,8-9,14-15,17H2,1-3H3,(H2,23,24,26). The van der Waals surface area contributed by atoms with E-state index in [0.29, 0.717) is 30.5 Å². The minimum Gasteiger partial charge on any atom is -0.490 e. The van der Waals surface area contributed by atoms with E-state index in [1.54, 1.807) is 13.2 Å². The molecule has 7 heteroatoms. The van der Waals surface area contributed by atoms with Crippen LogP contribution in [-0.2, 0) is 11.3 Å². The maximum atomic E-state index is 5.85. The molecule has 0 amide bonds. The van der Waals surface area contributed by atoms with Gasteiger partial charge in [-0.05, 0) is 44.4 Å². The second-order valence-electron chi connectivity index (χ2n) is 6.24. The van der Waals surface area contributed by atoms with Crippen LogP contribution in [-0.4, -0.2) is 44.4 Å². The van der Waals surface area contributed by atoms with Gasteiger partial charge in [0, 0.05) is 45.6 Å². The van der Waals surface area contributed by atoms with Crippen LogP contribution in [0.15, 0.2) is 47.6 Å². The molecular formula is C22H32N4O3. The molecule has 0 aliphatic rings. The number of aromatic nitrogens is 1. The summed E-state index contributed by atoms with van der Waals surface area (Å²) >= 11 is 0. The Kier molecular flexibility index (Phi) is 10.4. The predicted molar refractivity (Wildman–Crippen MR) is 116 cm³/mol. The summed E-state index contributed by atoms with van der Waals surface area (Å²) in [5, 5.41) is 6.59. The summed E-state index contributed by atoms with van der Waals surface area (Å²) in [6, 6.07) is 11.4. The van der Waals surface area contributed by atoms with E-state index in [9.17, 15) is 0 Å². The predicted octanol–water partition coefficient (Wildman–Crippen LogP) is 3.75. The molecule has 2 aromatic rings.